The Morgan fingerprint density at radius 1 is 1.20 bits per heavy atom. The molecule has 0 aromatic heterocycles. The van der Waals surface area contributed by atoms with E-state index in [9.17, 15) is 0 Å². The third-order valence-corrected chi connectivity index (χ3v) is 2.02. The molecule has 0 aromatic rings. The van der Waals surface area contributed by atoms with Crippen molar-refractivity contribution in [3.05, 3.63) is 12.2 Å². The number of ether oxygens (including phenoxy) is 2. The Bertz CT molecular complexity index is 145. The minimum Gasteiger partial charge on any atom is -0.346 e. The van der Waals surface area contributed by atoms with Crippen molar-refractivity contribution < 1.29 is 9.47 Å². The van der Waals surface area contributed by atoms with E-state index in [1.807, 2.05) is 0 Å². The molecule has 2 aliphatic rings. The third-order valence-electron chi connectivity index (χ3n) is 2.02. The first-order chi connectivity index (χ1) is 4.91. The first-order valence-electron chi connectivity index (χ1n) is 3.87. The third kappa shape index (κ3) is 0.976. The van der Waals surface area contributed by atoms with Crippen molar-refractivity contribution in [2.75, 3.05) is 13.2 Å². The zero-order valence-electron chi connectivity index (χ0n) is 6.01. The molecule has 56 valence electrons. The van der Waals surface area contributed by atoms with Crippen LogP contribution >= 0.6 is 0 Å². The van der Waals surface area contributed by atoms with E-state index in [2.05, 4.69) is 12.2 Å². The lowest BCUT2D eigenvalue weighted by atomic mass is 10.1. The normalized spacial score (nSPS) is 39.2. The summed E-state index contributed by atoms with van der Waals surface area (Å²) >= 11 is 0. The molecule has 2 heteroatoms. The fourth-order valence-electron chi connectivity index (χ4n) is 1.49. The van der Waals surface area contributed by atoms with Crippen LogP contribution in [0.3, 0.4) is 0 Å². The second-order valence-corrected chi connectivity index (χ2v) is 2.80. The molecule has 0 unspecified atom stereocenters. The van der Waals surface area contributed by atoms with Gasteiger partial charge in [0.1, 0.15) is 0 Å². The molecule has 0 amide bonds. The van der Waals surface area contributed by atoms with Gasteiger partial charge in [-0.05, 0) is 18.9 Å². The summed E-state index contributed by atoms with van der Waals surface area (Å²) in [6, 6.07) is 0. The first-order valence-corrected chi connectivity index (χ1v) is 3.87. The summed E-state index contributed by atoms with van der Waals surface area (Å²) in [7, 11) is 0. The van der Waals surface area contributed by atoms with Gasteiger partial charge in [0.15, 0.2) is 5.79 Å². The van der Waals surface area contributed by atoms with Crippen LogP contribution in [0.5, 0.6) is 0 Å². The zero-order valence-corrected chi connectivity index (χ0v) is 6.01. The van der Waals surface area contributed by atoms with Crippen LogP contribution in [0.25, 0.3) is 0 Å². The van der Waals surface area contributed by atoms with Gasteiger partial charge in [0.25, 0.3) is 0 Å². The monoisotopic (exact) mass is 140 g/mol. The fraction of sp³-hybridized carbons (Fsp3) is 0.750. The van der Waals surface area contributed by atoms with E-state index < -0.39 is 0 Å². The summed E-state index contributed by atoms with van der Waals surface area (Å²) in [5.74, 6) is -0.307. The number of hydrogen-bond acceptors (Lipinski definition) is 2. The summed E-state index contributed by atoms with van der Waals surface area (Å²) in [4.78, 5) is 0. The van der Waals surface area contributed by atoms with Crippen LogP contribution in [0.15, 0.2) is 12.2 Å². The molecule has 0 aromatic carbocycles. The molecule has 2 rings (SSSR count). The van der Waals surface area contributed by atoms with E-state index in [1.54, 1.807) is 0 Å². The minimum atomic E-state index is -0.307. The molecular weight excluding hydrogens is 128 g/mol. The highest BCUT2D eigenvalue weighted by molar-refractivity contribution is 5.01. The van der Waals surface area contributed by atoms with E-state index >= 15 is 0 Å². The smallest absolute Gasteiger partial charge is 0.187 e. The standard InChI is InChI=1S/C8H12O2/c1-2-6-9-8(4-1)5-3-7-10-8/h1,4H,2-3,5-7H2/t8-/m1/s1. The van der Waals surface area contributed by atoms with E-state index in [0.717, 1.165) is 32.5 Å². The van der Waals surface area contributed by atoms with Crippen LogP contribution in [0.4, 0.5) is 0 Å². The van der Waals surface area contributed by atoms with Crippen LogP contribution in [-0.2, 0) is 9.47 Å². The van der Waals surface area contributed by atoms with Crippen molar-refractivity contribution in [3.63, 3.8) is 0 Å². The maximum atomic E-state index is 5.52. The second-order valence-electron chi connectivity index (χ2n) is 2.80. The molecule has 0 radical (unpaired) electrons. The van der Waals surface area contributed by atoms with Gasteiger partial charge in [0.05, 0.1) is 13.2 Å². The first kappa shape index (κ1) is 6.38. The van der Waals surface area contributed by atoms with Crippen molar-refractivity contribution in [1.29, 1.82) is 0 Å². The van der Waals surface area contributed by atoms with Crippen molar-refractivity contribution in [2.24, 2.45) is 0 Å². The van der Waals surface area contributed by atoms with E-state index in [1.165, 1.54) is 0 Å². The Hall–Kier alpha value is -0.340. The van der Waals surface area contributed by atoms with Crippen molar-refractivity contribution in [2.45, 2.75) is 25.0 Å². The maximum Gasteiger partial charge on any atom is 0.187 e. The quantitative estimate of drug-likeness (QED) is 0.474. The van der Waals surface area contributed by atoms with Gasteiger partial charge < -0.3 is 9.47 Å². The van der Waals surface area contributed by atoms with E-state index in [4.69, 9.17) is 9.47 Å². The molecule has 1 atom stereocenters. The Labute approximate surface area is 60.8 Å². The molecule has 2 aliphatic heterocycles. The van der Waals surface area contributed by atoms with Gasteiger partial charge in [0.2, 0.25) is 0 Å². The van der Waals surface area contributed by atoms with Gasteiger partial charge in [-0.25, -0.2) is 0 Å². The summed E-state index contributed by atoms with van der Waals surface area (Å²) in [6.45, 7) is 1.67. The number of hydrogen-bond donors (Lipinski definition) is 0. The van der Waals surface area contributed by atoms with Crippen LogP contribution in [0, 0.1) is 0 Å². The maximum absolute atomic E-state index is 5.52. The Balaban J connectivity index is 2.11. The van der Waals surface area contributed by atoms with Crippen LogP contribution < -0.4 is 0 Å². The SMILES string of the molecule is C1=C[C@@]2(CCCO2)OCC1. The van der Waals surface area contributed by atoms with E-state index in [-0.39, 0.29) is 5.79 Å². The molecule has 1 spiro atoms. The van der Waals surface area contributed by atoms with E-state index in [0.29, 0.717) is 0 Å². The van der Waals surface area contributed by atoms with Crippen LogP contribution in [0.1, 0.15) is 19.3 Å². The molecule has 0 bridgehead atoms. The molecule has 0 saturated carbocycles. The van der Waals surface area contributed by atoms with Gasteiger partial charge in [-0.1, -0.05) is 6.08 Å². The minimum absolute atomic E-state index is 0.307. The topological polar surface area (TPSA) is 18.5 Å². The molecule has 0 N–H and O–H groups in total. The lowest BCUT2D eigenvalue weighted by molar-refractivity contribution is -0.179. The average Bonchev–Trinajstić information content (AvgIpc) is 2.39. The molecule has 1 saturated heterocycles. The van der Waals surface area contributed by atoms with Crippen LogP contribution in [0.2, 0.25) is 0 Å². The van der Waals surface area contributed by atoms with Gasteiger partial charge in [-0.3, -0.25) is 0 Å². The Morgan fingerprint density at radius 3 is 2.70 bits per heavy atom. The highest BCUT2D eigenvalue weighted by Gasteiger charge is 2.34. The molecule has 0 aliphatic carbocycles. The second kappa shape index (κ2) is 2.36. The molecule has 1 fully saturated rings. The van der Waals surface area contributed by atoms with Crippen molar-refractivity contribution >= 4 is 0 Å². The lowest BCUT2D eigenvalue weighted by Gasteiger charge is -2.27. The fourth-order valence-corrected chi connectivity index (χ4v) is 1.49. The Morgan fingerprint density at radius 2 is 2.10 bits per heavy atom. The summed E-state index contributed by atoms with van der Waals surface area (Å²) in [5, 5.41) is 0. The predicted molar refractivity (Wildman–Crippen MR) is 37.6 cm³/mol. The summed E-state index contributed by atoms with van der Waals surface area (Å²) in [6.07, 6.45) is 7.40. The molecule has 2 nitrogen and oxygen atoms in total. The Kier molecular flexibility index (Phi) is 1.51. The zero-order chi connectivity index (χ0) is 6.86. The highest BCUT2D eigenvalue weighted by atomic mass is 16.7. The van der Waals surface area contributed by atoms with Crippen LogP contribution in [-0.4, -0.2) is 19.0 Å². The van der Waals surface area contributed by atoms with Gasteiger partial charge in [-0.15, -0.1) is 0 Å². The average molecular weight is 140 g/mol. The number of rotatable bonds is 0. The van der Waals surface area contributed by atoms with Gasteiger partial charge in [-0.2, -0.15) is 0 Å². The molecule has 10 heavy (non-hydrogen) atoms. The van der Waals surface area contributed by atoms with Gasteiger partial charge >= 0.3 is 0 Å². The summed E-state index contributed by atoms with van der Waals surface area (Å²) in [5.41, 5.74) is 0. The molecular formula is C8H12O2. The summed E-state index contributed by atoms with van der Waals surface area (Å²) < 4.78 is 11.0. The highest BCUT2D eigenvalue weighted by Crippen LogP contribution is 2.30. The van der Waals surface area contributed by atoms with Crippen molar-refractivity contribution in [3.8, 4) is 0 Å². The van der Waals surface area contributed by atoms with Crippen molar-refractivity contribution in [1.82, 2.24) is 0 Å². The predicted octanol–water partition coefficient (Wildman–Crippen LogP) is 1.47. The molecule has 2 heterocycles. The lowest BCUT2D eigenvalue weighted by Crippen LogP contribution is -2.31. The van der Waals surface area contributed by atoms with Gasteiger partial charge in [0, 0.05) is 6.42 Å². The largest absolute Gasteiger partial charge is 0.346 e.